The molecule has 0 aliphatic heterocycles. The van der Waals surface area contributed by atoms with Crippen molar-refractivity contribution in [2.24, 2.45) is 0 Å². The van der Waals surface area contributed by atoms with Crippen LogP contribution in [0.25, 0.3) is 0 Å². The number of benzene rings is 2. The third-order valence-corrected chi connectivity index (χ3v) is 4.42. The first-order valence-electron chi connectivity index (χ1n) is 6.41. The predicted molar refractivity (Wildman–Crippen MR) is 78.5 cm³/mol. The standard InChI is InChI=1S/C16H15FO3S/c1-21(19,20)15-7-5-12(6-8-15)16(9-10-18)13-3-2-4-14(17)11-13/h2-8,10-11,16H,9H2,1H3. The van der Waals surface area contributed by atoms with Gasteiger partial charge in [-0.05, 0) is 35.4 Å². The monoisotopic (exact) mass is 306 g/mol. The first kappa shape index (κ1) is 15.4. The highest BCUT2D eigenvalue weighted by atomic mass is 32.2. The zero-order valence-corrected chi connectivity index (χ0v) is 12.3. The second kappa shape index (κ2) is 6.18. The molecule has 0 radical (unpaired) electrons. The molecule has 21 heavy (non-hydrogen) atoms. The summed E-state index contributed by atoms with van der Waals surface area (Å²) in [4.78, 5) is 11.1. The summed E-state index contributed by atoms with van der Waals surface area (Å²) < 4.78 is 36.2. The van der Waals surface area contributed by atoms with Gasteiger partial charge in [0.2, 0.25) is 0 Å². The van der Waals surface area contributed by atoms with Crippen molar-refractivity contribution in [2.45, 2.75) is 17.2 Å². The van der Waals surface area contributed by atoms with E-state index in [1.165, 1.54) is 24.3 Å². The van der Waals surface area contributed by atoms with Crippen LogP contribution in [0, 0.1) is 5.82 Å². The van der Waals surface area contributed by atoms with Gasteiger partial charge >= 0.3 is 0 Å². The molecular weight excluding hydrogens is 291 g/mol. The summed E-state index contributed by atoms with van der Waals surface area (Å²) >= 11 is 0. The van der Waals surface area contributed by atoms with E-state index in [-0.39, 0.29) is 23.1 Å². The summed E-state index contributed by atoms with van der Waals surface area (Å²) in [6.45, 7) is 0. The van der Waals surface area contributed by atoms with Gasteiger partial charge < -0.3 is 4.79 Å². The van der Waals surface area contributed by atoms with Crippen LogP contribution in [-0.4, -0.2) is 21.0 Å². The number of sulfone groups is 1. The molecular formula is C16H15FO3S. The SMILES string of the molecule is CS(=O)(=O)c1ccc(C(CC=O)c2cccc(F)c2)cc1. The number of halogens is 1. The van der Waals surface area contributed by atoms with E-state index in [0.29, 0.717) is 5.56 Å². The molecule has 1 atom stereocenters. The summed E-state index contributed by atoms with van der Waals surface area (Å²) in [5.41, 5.74) is 1.47. The summed E-state index contributed by atoms with van der Waals surface area (Å²) in [6, 6.07) is 12.4. The molecule has 0 fully saturated rings. The second-order valence-electron chi connectivity index (χ2n) is 4.85. The van der Waals surface area contributed by atoms with Gasteiger partial charge in [0.15, 0.2) is 9.84 Å². The lowest BCUT2D eigenvalue weighted by molar-refractivity contribution is -0.108. The van der Waals surface area contributed by atoms with Gasteiger partial charge in [-0.3, -0.25) is 0 Å². The van der Waals surface area contributed by atoms with Crippen LogP contribution in [0.15, 0.2) is 53.4 Å². The van der Waals surface area contributed by atoms with Crippen LogP contribution >= 0.6 is 0 Å². The fourth-order valence-corrected chi connectivity index (χ4v) is 2.86. The lowest BCUT2D eigenvalue weighted by Gasteiger charge is -2.15. The molecule has 0 amide bonds. The Labute approximate surface area is 123 Å². The number of hydrogen-bond acceptors (Lipinski definition) is 3. The van der Waals surface area contributed by atoms with E-state index in [4.69, 9.17) is 0 Å². The third kappa shape index (κ3) is 3.76. The minimum absolute atomic E-state index is 0.210. The smallest absolute Gasteiger partial charge is 0.175 e. The predicted octanol–water partition coefficient (Wildman–Crippen LogP) is 2.95. The minimum Gasteiger partial charge on any atom is -0.303 e. The highest BCUT2D eigenvalue weighted by molar-refractivity contribution is 7.90. The van der Waals surface area contributed by atoms with Gasteiger partial charge in [0, 0.05) is 18.6 Å². The molecule has 0 aliphatic carbocycles. The number of aldehydes is 1. The second-order valence-corrected chi connectivity index (χ2v) is 6.87. The molecule has 3 nitrogen and oxygen atoms in total. The van der Waals surface area contributed by atoms with Gasteiger partial charge in [-0.15, -0.1) is 0 Å². The maximum atomic E-state index is 13.3. The van der Waals surface area contributed by atoms with Crippen molar-refractivity contribution in [3.63, 3.8) is 0 Å². The average molecular weight is 306 g/mol. The van der Waals surface area contributed by atoms with Gasteiger partial charge in [0.25, 0.3) is 0 Å². The molecule has 0 saturated heterocycles. The van der Waals surface area contributed by atoms with Crippen LogP contribution in [0.2, 0.25) is 0 Å². The molecule has 0 aliphatic rings. The first-order chi connectivity index (χ1) is 9.91. The third-order valence-electron chi connectivity index (χ3n) is 3.29. The van der Waals surface area contributed by atoms with Gasteiger partial charge in [0.1, 0.15) is 12.1 Å². The van der Waals surface area contributed by atoms with Crippen molar-refractivity contribution >= 4 is 16.1 Å². The molecule has 0 saturated carbocycles. The van der Waals surface area contributed by atoms with E-state index in [1.807, 2.05) is 0 Å². The van der Waals surface area contributed by atoms with Gasteiger partial charge in [-0.25, -0.2) is 12.8 Å². The first-order valence-corrected chi connectivity index (χ1v) is 8.30. The van der Waals surface area contributed by atoms with E-state index in [1.54, 1.807) is 24.3 Å². The maximum absolute atomic E-state index is 13.3. The van der Waals surface area contributed by atoms with Crippen molar-refractivity contribution in [2.75, 3.05) is 6.26 Å². The molecule has 0 aromatic heterocycles. The Morgan fingerprint density at radius 3 is 2.29 bits per heavy atom. The minimum atomic E-state index is -3.26. The molecule has 2 aromatic rings. The zero-order valence-electron chi connectivity index (χ0n) is 11.5. The molecule has 0 N–H and O–H groups in total. The summed E-state index contributed by atoms with van der Waals surface area (Å²) in [5.74, 6) is -0.650. The van der Waals surface area contributed by atoms with Gasteiger partial charge in [-0.2, -0.15) is 0 Å². The van der Waals surface area contributed by atoms with Crippen molar-refractivity contribution < 1.29 is 17.6 Å². The number of rotatable bonds is 5. The van der Waals surface area contributed by atoms with Crippen LogP contribution in [0.1, 0.15) is 23.5 Å². The van der Waals surface area contributed by atoms with Crippen LogP contribution < -0.4 is 0 Å². The molecule has 1 unspecified atom stereocenters. The van der Waals surface area contributed by atoms with Crippen molar-refractivity contribution in [3.05, 3.63) is 65.5 Å². The Morgan fingerprint density at radius 1 is 1.10 bits per heavy atom. The van der Waals surface area contributed by atoms with E-state index < -0.39 is 9.84 Å². The van der Waals surface area contributed by atoms with Crippen LogP contribution in [-0.2, 0) is 14.6 Å². The van der Waals surface area contributed by atoms with E-state index in [0.717, 1.165) is 18.1 Å². The van der Waals surface area contributed by atoms with E-state index >= 15 is 0 Å². The molecule has 0 spiro atoms. The topological polar surface area (TPSA) is 51.2 Å². The maximum Gasteiger partial charge on any atom is 0.175 e. The highest BCUT2D eigenvalue weighted by Gasteiger charge is 2.15. The fraction of sp³-hybridized carbons (Fsp3) is 0.188. The van der Waals surface area contributed by atoms with Gasteiger partial charge in [0.05, 0.1) is 4.90 Å². The Kier molecular flexibility index (Phi) is 4.53. The molecule has 0 bridgehead atoms. The Bertz CT molecular complexity index is 736. The summed E-state index contributed by atoms with van der Waals surface area (Å²) in [5, 5.41) is 0. The number of carbonyl (C=O) groups excluding carboxylic acids is 1. The number of carbonyl (C=O) groups is 1. The molecule has 2 rings (SSSR count). The quantitative estimate of drug-likeness (QED) is 0.798. The van der Waals surface area contributed by atoms with Crippen molar-refractivity contribution in [3.8, 4) is 0 Å². The van der Waals surface area contributed by atoms with Gasteiger partial charge in [-0.1, -0.05) is 24.3 Å². The summed E-state index contributed by atoms with van der Waals surface area (Å²) in [7, 11) is -3.26. The lowest BCUT2D eigenvalue weighted by Crippen LogP contribution is -2.04. The normalized spacial score (nSPS) is 12.9. The average Bonchev–Trinajstić information content (AvgIpc) is 2.44. The van der Waals surface area contributed by atoms with Crippen molar-refractivity contribution in [1.82, 2.24) is 0 Å². The van der Waals surface area contributed by atoms with Crippen LogP contribution in [0.5, 0.6) is 0 Å². The fourth-order valence-electron chi connectivity index (χ4n) is 2.23. The highest BCUT2D eigenvalue weighted by Crippen LogP contribution is 2.28. The summed E-state index contributed by atoms with van der Waals surface area (Å²) in [6.07, 6.45) is 2.12. The molecule has 110 valence electrons. The van der Waals surface area contributed by atoms with E-state index in [9.17, 15) is 17.6 Å². The van der Waals surface area contributed by atoms with E-state index in [2.05, 4.69) is 0 Å². The molecule has 5 heteroatoms. The largest absolute Gasteiger partial charge is 0.303 e. The zero-order chi connectivity index (χ0) is 15.5. The molecule has 0 heterocycles. The number of hydrogen-bond donors (Lipinski definition) is 0. The Balaban J connectivity index is 2.41. The Hall–Kier alpha value is -2.01. The van der Waals surface area contributed by atoms with Crippen LogP contribution in [0.3, 0.4) is 0 Å². The van der Waals surface area contributed by atoms with Crippen LogP contribution in [0.4, 0.5) is 4.39 Å². The molecule has 2 aromatic carbocycles. The van der Waals surface area contributed by atoms with Crippen molar-refractivity contribution in [1.29, 1.82) is 0 Å². The Morgan fingerprint density at radius 2 is 1.76 bits per heavy atom. The lowest BCUT2D eigenvalue weighted by atomic mass is 9.89.